The van der Waals surface area contributed by atoms with Crippen LogP contribution in [-0.4, -0.2) is 69.4 Å². The van der Waals surface area contributed by atoms with E-state index >= 15 is 0 Å². The molecule has 1 N–H and O–H groups in total. The Kier molecular flexibility index (Phi) is 9.73. The second kappa shape index (κ2) is 12.6. The zero-order valence-electron chi connectivity index (χ0n) is 24.9. The lowest BCUT2D eigenvalue weighted by Crippen LogP contribution is -2.31. The van der Waals surface area contributed by atoms with Crippen LogP contribution in [0.1, 0.15) is 63.8 Å². The molecule has 2 aromatic carbocycles. The first-order chi connectivity index (χ1) is 18.9. The zero-order valence-corrected chi connectivity index (χ0v) is 24.9. The van der Waals surface area contributed by atoms with Crippen LogP contribution < -0.4 is 18.9 Å². The van der Waals surface area contributed by atoms with Crippen LogP contribution in [0.2, 0.25) is 0 Å². The number of methoxy groups -OCH3 is 4. The molecule has 1 atom stereocenters. The fourth-order valence-electron chi connectivity index (χ4n) is 4.87. The van der Waals surface area contributed by atoms with E-state index in [0.29, 0.717) is 47.2 Å². The number of benzene rings is 2. The van der Waals surface area contributed by atoms with E-state index < -0.39 is 17.7 Å². The molecule has 1 amide bonds. The van der Waals surface area contributed by atoms with Gasteiger partial charge in [-0.05, 0) is 61.6 Å². The third-order valence-corrected chi connectivity index (χ3v) is 6.82. The number of nitrogens with zero attached hydrogens (tertiary/aromatic N) is 1. The van der Waals surface area contributed by atoms with Crippen molar-refractivity contribution in [3.63, 3.8) is 0 Å². The number of hydrogen-bond donors (Lipinski definition) is 1. The average Bonchev–Trinajstić information content (AvgIpc) is 3.17. The Balaban J connectivity index is 2.24. The number of aliphatic hydroxyl groups is 1. The van der Waals surface area contributed by atoms with Gasteiger partial charge in [0.2, 0.25) is 5.75 Å². The highest BCUT2D eigenvalue weighted by Gasteiger charge is 2.46. The van der Waals surface area contributed by atoms with Gasteiger partial charge in [-0.1, -0.05) is 20.8 Å². The molecule has 1 unspecified atom stereocenters. The molecule has 9 heteroatoms. The second-order valence-corrected chi connectivity index (χ2v) is 10.9. The van der Waals surface area contributed by atoms with Crippen LogP contribution in [0, 0.1) is 0 Å². The third kappa shape index (κ3) is 6.20. The number of ketones is 1. The Morgan fingerprint density at radius 2 is 1.52 bits per heavy atom. The van der Waals surface area contributed by atoms with E-state index in [4.69, 9.17) is 23.7 Å². The molecule has 1 heterocycles. The number of hydrogen-bond acceptors (Lipinski definition) is 8. The Hall–Kier alpha value is -3.72. The molecular formula is C31H41NO8. The van der Waals surface area contributed by atoms with Crippen molar-refractivity contribution in [1.29, 1.82) is 0 Å². The van der Waals surface area contributed by atoms with E-state index in [-0.39, 0.29) is 29.4 Å². The highest BCUT2D eigenvalue weighted by atomic mass is 16.5. The molecule has 1 aliphatic heterocycles. The van der Waals surface area contributed by atoms with Crippen molar-refractivity contribution < 1.29 is 38.4 Å². The minimum Gasteiger partial charge on any atom is -0.507 e. The van der Waals surface area contributed by atoms with Gasteiger partial charge in [-0.2, -0.15) is 0 Å². The predicted molar refractivity (Wildman–Crippen MR) is 153 cm³/mol. The Morgan fingerprint density at radius 3 is 2.02 bits per heavy atom. The summed E-state index contributed by atoms with van der Waals surface area (Å²) in [6.45, 7) is 10.6. The number of aliphatic hydroxyl groups excluding tert-OH is 1. The Bertz CT molecular complexity index is 1250. The summed E-state index contributed by atoms with van der Waals surface area (Å²) in [6.07, 6.45) is 0.538. The maximum absolute atomic E-state index is 13.5. The van der Waals surface area contributed by atoms with E-state index in [2.05, 4.69) is 0 Å². The van der Waals surface area contributed by atoms with Gasteiger partial charge in [0.15, 0.2) is 11.5 Å². The molecule has 2 aromatic rings. The minimum atomic E-state index is -0.895. The monoisotopic (exact) mass is 555 g/mol. The number of Topliss-reactive ketones (excluding diaryl/α,β-unsaturated/α-hetero) is 1. The predicted octanol–water partition coefficient (Wildman–Crippen LogP) is 5.26. The summed E-state index contributed by atoms with van der Waals surface area (Å²) in [7, 11) is 6.07. The van der Waals surface area contributed by atoms with Crippen LogP contribution >= 0.6 is 0 Å². The highest BCUT2D eigenvalue weighted by molar-refractivity contribution is 6.46. The summed E-state index contributed by atoms with van der Waals surface area (Å²) in [6, 6.07) is 7.72. The lowest BCUT2D eigenvalue weighted by atomic mass is 9.84. The van der Waals surface area contributed by atoms with Crippen molar-refractivity contribution in [1.82, 2.24) is 4.90 Å². The molecule has 0 radical (unpaired) electrons. The number of amides is 1. The standard InChI is InChI=1S/C31H41NO8/c1-18(2)40-14-10-13-32-26(20-16-23(37-7)29(39-9)24(17-20)38-8)25(28(34)30(32)35)27(33)19-11-12-22(36-6)21(15-19)31(3,4)5/h11-12,15-18,26,33H,10,13-14H2,1-9H3/b27-25+. The lowest BCUT2D eigenvalue weighted by Gasteiger charge is -2.27. The van der Waals surface area contributed by atoms with Gasteiger partial charge in [0.25, 0.3) is 11.7 Å². The Morgan fingerprint density at radius 1 is 0.925 bits per heavy atom. The fourth-order valence-corrected chi connectivity index (χ4v) is 4.87. The topological polar surface area (TPSA) is 104 Å². The number of carbonyl (C=O) groups excluding carboxylic acids is 2. The molecule has 1 saturated heterocycles. The van der Waals surface area contributed by atoms with Crippen molar-refractivity contribution in [3.8, 4) is 23.0 Å². The van der Waals surface area contributed by atoms with E-state index in [0.717, 1.165) is 5.56 Å². The van der Waals surface area contributed by atoms with Crippen molar-refractivity contribution in [2.75, 3.05) is 41.6 Å². The van der Waals surface area contributed by atoms with Gasteiger partial charge in [-0.3, -0.25) is 9.59 Å². The molecule has 0 bridgehead atoms. The Labute approximate surface area is 236 Å². The quantitative estimate of drug-likeness (QED) is 0.173. The summed E-state index contributed by atoms with van der Waals surface area (Å²) in [5.74, 6) is 0.0293. The van der Waals surface area contributed by atoms with Gasteiger partial charge in [0.05, 0.1) is 46.2 Å². The normalized spacial score (nSPS) is 16.9. The summed E-state index contributed by atoms with van der Waals surface area (Å²) in [5.41, 5.74) is 1.46. The first kappa shape index (κ1) is 30.8. The average molecular weight is 556 g/mol. The van der Waals surface area contributed by atoms with Crippen molar-refractivity contribution in [2.24, 2.45) is 0 Å². The summed E-state index contributed by atoms with van der Waals surface area (Å²) in [4.78, 5) is 28.4. The summed E-state index contributed by atoms with van der Waals surface area (Å²) < 4.78 is 27.8. The second-order valence-electron chi connectivity index (χ2n) is 10.9. The first-order valence-electron chi connectivity index (χ1n) is 13.3. The van der Waals surface area contributed by atoms with Gasteiger partial charge < -0.3 is 33.7 Å². The number of ether oxygens (including phenoxy) is 5. The van der Waals surface area contributed by atoms with Crippen LogP contribution in [0.25, 0.3) is 5.76 Å². The lowest BCUT2D eigenvalue weighted by molar-refractivity contribution is -0.140. The zero-order chi connectivity index (χ0) is 29.8. The first-order valence-corrected chi connectivity index (χ1v) is 13.3. The maximum Gasteiger partial charge on any atom is 0.295 e. The van der Waals surface area contributed by atoms with Gasteiger partial charge >= 0.3 is 0 Å². The van der Waals surface area contributed by atoms with Crippen LogP contribution in [0.3, 0.4) is 0 Å². The SMILES string of the molecule is COc1ccc(/C(O)=C2\C(=O)C(=O)N(CCCOC(C)C)C2c2cc(OC)c(OC)c(OC)c2)cc1C(C)(C)C. The highest BCUT2D eigenvalue weighted by Crippen LogP contribution is 2.46. The number of carbonyl (C=O) groups is 2. The van der Waals surface area contributed by atoms with E-state index in [1.165, 1.54) is 26.2 Å². The van der Waals surface area contributed by atoms with Gasteiger partial charge in [0.1, 0.15) is 11.5 Å². The molecule has 0 spiro atoms. The van der Waals surface area contributed by atoms with Crippen LogP contribution in [-0.2, 0) is 19.7 Å². The van der Waals surface area contributed by atoms with E-state index in [9.17, 15) is 14.7 Å². The largest absolute Gasteiger partial charge is 0.507 e. The molecule has 40 heavy (non-hydrogen) atoms. The molecule has 0 saturated carbocycles. The molecule has 0 aromatic heterocycles. The molecule has 1 fully saturated rings. The van der Waals surface area contributed by atoms with E-state index in [1.54, 1.807) is 37.4 Å². The number of rotatable bonds is 11. The van der Waals surface area contributed by atoms with Gasteiger partial charge in [-0.25, -0.2) is 0 Å². The molecule has 3 rings (SSSR count). The summed E-state index contributed by atoms with van der Waals surface area (Å²) in [5, 5.41) is 11.6. The summed E-state index contributed by atoms with van der Waals surface area (Å²) >= 11 is 0. The number of likely N-dealkylation sites (tertiary alicyclic amines) is 1. The van der Waals surface area contributed by atoms with Crippen LogP contribution in [0.5, 0.6) is 23.0 Å². The third-order valence-electron chi connectivity index (χ3n) is 6.82. The maximum atomic E-state index is 13.5. The van der Waals surface area contributed by atoms with Crippen molar-refractivity contribution >= 4 is 17.4 Å². The van der Waals surface area contributed by atoms with Crippen LogP contribution in [0.4, 0.5) is 0 Å². The van der Waals surface area contributed by atoms with Gasteiger partial charge in [-0.15, -0.1) is 0 Å². The minimum absolute atomic E-state index is 0.0194. The molecular weight excluding hydrogens is 514 g/mol. The smallest absolute Gasteiger partial charge is 0.295 e. The van der Waals surface area contributed by atoms with Crippen molar-refractivity contribution in [2.45, 2.75) is 58.6 Å². The van der Waals surface area contributed by atoms with Crippen molar-refractivity contribution in [3.05, 3.63) is 52.6 Å². The van der Waals surface area contributed by atoms with Gasteiger partial charge in [0, 0.05) is 24.3 Å². The van der Waals surface area contributed by atoms with E-state index in [1.807, 2.05) is 34.6 Å². The molecule has 218 valence electrons. The fraction of sp³-hybridized carbons (Fsp3) is 0.484. The molecule has 0 aliphatic carbocycles. The molecule has 1 aliphatic rings. The molecule has 9 nitrogen and oxygen atoms in total. The van der Waals surface area contributed by atoms with Crippen LogP contribution in [0.15, 0.2) is 35.9 Å².